The van der Waals surface area contributed by atoms with Gasteiger partial charge >= 0.3 is 6.18 Å². The first kappa shape index (κ1) is 14.3. The van der Waals surface area contributed by atoms with E-state index < -0.39 is 11.9 Å². The lowest BCUT2D eigenvalue weighted by Crippen LogP contribution is -2.21. The van der Waals surface area contributed by atoms with Gasteiger partial charge in [0.25, 0.3) is 0 Å². The molecule has 20 heavy (non-hydrogen) atoms. The third-order valence-corrected chi connectivity index (χ3v) is 2.83. The van der Waals surface area contributed by atoms with Gasteiger partial charge in [0.15, 0.2) is 0 Å². The number of nitrogens with zero attached hydrogens (tertiary/aromatic N) is 5. The third kappa shape index (κ3) is 3.06. The largest absolute Gasteiger partial charge is 0.433 e. The molecule has 0 fully saturated rings. The first-order chi connectivity index (χ1) is 9.27. The first-order valence-electron chi connectivity index (χ1n) is 5.88. The van der Waals surface area contributed by atoms with Gasteiger partial charge in [0.05, 0.1) is 12.2 Å². The summed E-state index contributed by atoms with van der Waals surface area (Å²) in [5.41, 5.74) is -0.0609. The van der Waals surface area contributed by atoms with Crippen LogP contribution < -0.4 is 4.90 Å². The van der Waals surface area contributed by atoms with Crippen LogP contribution >= 0.6 is 0 Å². The van der Waals surface area contributed by atoms with E-state index in [0.29, 0.717) is 6.54 Å². The topological polar surface area (TPSA) is 46.8 Å². The maximum Gasteiger partial charge on any atom is 0.433 e. The Morgan fingerprint density at radius 3 is 2.55 bits per heavy atom. The predicted molar refractivity (Wildman–Crippen MR) is 67.1 cm³/mol. The highest BCUT2D eigenvalue weighted by Crippen LogP contribution is 2.29. The van der Waals surface area contributed by atoms with Gasteiger partial charge in [-0.25, -0.2) is 9.97 Å². The van der Waals surface area contributed by atoms with Gasteiger partial charge in [0, 0.05) is 26.4 Å². The van der Waals surface area contributed by atoms with Gasteiger partial charge in [-0.3, -0.25) is 4.68 Å². The van der Waals surface area contributed by atoms with Gasteiger partial charge in [-0.05, 0) is 13.0 Å². The number of hydrogen-bond donors (Lipinski definition) is 0. The quantitative estimate of drug-likeness (QED) is 0.867. The van der Waals surface area contributed by atoms with Crippen LogP contribution in [0.2, 0.25) is 0 Å². The lowest BCUT2D eigenvalue weighted by atomic mass is 10.3. The highest BCUT2D eigenvalue weighted by molar-refractivity contribution is 5.40. The molecule has 0 bridgehead atoms. The molecule has 0 spiro atoms. The summed E-state index contributed by atoms with van der Waals surface area (Å²) in [6, 6.07) is 2.75. The lowest BCUT2D eigenvalue weighted by molar-refractivity contribution is -0.141. The molecule has 2 aromatic rings. The van der Waals surface area contributed by atoms with Crippen LogP contribution in [0.3, 0.4) is 0 Å². The Balaban J connectivity index is 2.28. The molecule has 0 aliphatic heterocycles. The second kappa shape index (κ2) is 5.10. The molecule has 0 amide bonds. The molecular weight excluding hydrogens is 271 g/mol. The van der Waals surface area contributed by atoms with E-state index in [1.807, 2.05) is 0 Å². The fourth-order valence-electron chi connectivity index (χ4n) is 1.77. The number of hydrogen-bond acceptors (Lipinski definition) is 4. The maximum atomic E-state index is 12.7. The Hall–Kier alpha value is -2.12. The van der Waals surface area contributed by atoms with Crippen molar-refractivity contribution in [3.8, 4) is 0 Å². The SMILES string of the molecule is Cc1nc(N(C)Cc2ccnn2C)cc(C(F)(F)F)n1. The van der Waals surface area contributed by atoms with Gasteiger partial charge in [0.2, 0.25) is 0 Å². The molecule has 0 N–H and O–H groups in total. The molecule has 0 aliphatic carbocycles. The van der Waals surface area contributed by atoms with E-state index >= 15 is 0 Å². The summed E-state index contributed by atoms with van der Waals surface area (Å²) >= 11 is 0. The summed E-state index contributed by atoms with van der Waals surface area (Å²) in [6.45, 7) is 1.85. The molecule has 2 rings (SSSR count). The highest BCUT2D eigenvalue weighted by atomic mass is 19.4. The summed E-state index contributed by atoms with van der Waals surface area (Å²) in [5, 5.41) is 4.01. The molecule has 2 aromatic heterocycles. The normalized spacial score (nSPS) is 11.7. The van der Waals surface area contributed by atoms with Crippen LogP contribution in [-0.2, 0) is 19.8 Å². The van der Waals surface area contributed by atoms with Crippen LogP contribution in [0.4, 0.5) is 19.0 Å². The molecule has 108 valence electrons. The molecule has 8 heteroatoms. The molecule has 0 saturated heterocycles. The van der Waals surface area contributed by atoms with Crippen LogP contribution in [0.25, 0.3) is 0 Å². The second-order valence-corrected chi connectivity index (χ2v) is 4.46. The standard InChI is InChI=1S/C12H14F3N5/c1-8-17-10(12(13,14)15)6-11(18-8)19(2)7-9-4-5-16-20(9)3/h4-6H,7H2,1-3H3. The van der Waals surface area contributed by atoms with E-state index in [1.54, 1.807) is 35.9 Å². The highest BCUT2D eigenvalue weighted by Gasteiger charge is 2.33. The van der Waals surface area contributed by atoms with Crippen LogP contribution in [0.15, 0.2) is 18.3 Å². The van der Waals surface area contributed by atoms with E-state index in [9.17, 15) is 13.2 Å². The van der Waals surface area contributed by atoms with Crippen LogP contribution in [0, 0.1) is 6.92 Å². The van der Waals surface area contributed by atoms with Crippen LogP contribution in [0.1, 0.15) is 17.2 Å². The zero-order chi connectivity index (χ0) is 14.9. The number of halogens is 3. The molecule has 0 atom stereocenters. The van der Waals surface area contributed by atoms with Crippen molar-refractivity contribution < 1.29 is 13.2 Å². The first-order valence-corrected chi connectivity index (χ1v) is 5.88. The van der Waals surface area contributed by atoms with Gasteiger partial charge < -0.3 is 4.90 Å². The molecular formula is C12H14F3N5. The zero-order valence-electron chi connectivity index (χ0n) is 11.3. The minimum Gasteiger partial charge on any atom is -0.354 e. The smallest absolute Gasteiger partial charge is 0.354 e. The van der Waals surface area contributed by atoms with E-state index in [4.69, 9.17) is 0 Å². The minimum atomic E-state index is -4.48. The minimum absolute atomic E-state index is 0.0895. The monoisotopic (exact) mass is 285 g/mol. The van der Waals surface area contributed by atoms with Gasteiger partial charge in [-0.1, -0.05) is 0 Å². The van der Waals surface area contributed by atoms with Crippen molar-refractivity contribution in [2.75, 3.05) is 11.9 Å². The van der Waals surface area contributed by atoms with Crippen molar-refractivity contribution in [1.29, 1.82) is 0 Å². The van der Waals surface area contributed by atoms with Crippen molar-refractivity contribution >= 4 is 5.82 Å². The maximum absolute atomic E-state index is 12.7. The summed E-state index contributed by atoms with van der Waals surface area (Å²) in [4.78, 5) is 9.09. The van der Waals surface area contributed by atoms with Crippen molar-refractivity contribution in [2.45, 2.75) is 19.6 Å². The lowest BCUT2D eigenvalue weighted by Gasteiger charge is -2.19. The molecule has 0 radical (unpaired) electrons. The van der Waals surface area contributed by atoms with E-state index in [2.05, 4.69) is 15.1 Å². The molecule has 0 unspecified atom stereocenters. The molecule has 0 aromatic carbocycles. The third-order valence-electron chi connectivity index (χ3n) is 2.83. The Kier molecular flexibility index (Phi) is 3.65. The number of aromatic nitrogens is 4. The van der Waals surface area contributed by atoms with Gasteiger partial charge in [0.1, 0.15) is 17.3 Å². The molecule has 0 aliphatic rings. The Labute approximate surface area is 114 Å². The molecule has 0 saturated carbocycles. The van der Waals surface area contributed by atoms with Crippen LogP contribution in [0.5, 0.6) is 0 Å². The van der Waals surface area contributed by atoms with Gasteiger partial charge in [-0.15, -0.1) is 0 Å². The van der Waals surface area contributed by atoms with Crippen molar-refractivity contribution in [3.05, 3.63) is 35.5 Å². The second-order valence-electron chi connectivity index (χ2n) is 4.46. The van der Waals surface area contributed by atoms with Crippen LogP contribution in [-0.4, -0.2) is 26.8 Å². The van der Waals surface area contributed by atoms with Gasteiger partial charge in [-0.2, -0.15) is 18.3 Å². The Morgan fingerprint density at radius 1 is 1.30 bits per heavy atom. The number of anilines is 1. The summed E-state index contributed by atoms with van der Waals surface area (Å²) < 4.78 is 39.9. The van der Waals surface area contributed by atoms with Crippen molar-refractivity contribution in [3.63, 3.8) is 0 Å². The van der Waals surface area contributed by atoms with E-state index in [-0.39, 0.29) is 11.6 Å². The fraction of sp³-hybridized carbons (Fsp3) is 0.417. The number of aryl methyl sites for hydroxylation is 2. The van der Waals surface area contributed by atoms with Crippen molar-refractivity contribution in [1.82, 2.24) is 19.7 Å². The Morgan fingerprint density at radius 2 is 2.00 bits per heavy atom. The fourth-order valence-corrected chi connectivity index (χ4v) is 1.77. The number of rotatable bonds is 3. The van der Waals surface area contributed by atoms with Crippen molar-refractivity contribution in [2.24, 2.45) is 7.05 Å². The Bertz CT molecular complexity index is 605. The predicted octanol–water partition coefficient (Wildman–Crippen LogP) is 2.17. The summed E-state index contributed by atoms with van der Waals surface area (Å²) in [5.74, 6) is 0.317. The molecule has 2 heterocycles. The van der Waals surface area contributed by atoms with E-state index in [1.165, 1.54) is 6.92 Å². The summed E-state index contributed by atoms with van der Waals surface area (Å²) in [7, 11) is 3.45. The average Bonchev–Trinajstić information content (AvgIpc) is 2.73. The number of alkyl halides is 3. The summed E-state index contributed by atoms with van der Waals surface area (Å²) in [6.07, 6.45) is -2.84. The zero-order valence-corrected chi connectivity index (χ0v) is 11.3. The average molecular weight is 285 g/mol. The molecule has 5 nitrogen and oxygen atoms in total. The van der Waals surface area contributed by atoms with E-state index in [0.717, 1.165) is 11.8 Å².